The number of carbonyl (C=O) groups is 2. The average molecular weight is 288 g/mol. The molecule has 0 amide bonds. The number of hydrogen-bond acceptors (Lipinski definition) is 2. The van der Waals surface area contributed by atoms with Gasteiger partial charge in [0.25, 0.3) is 0 Å². The highest BCUT2D eigenvalue weighted by Crippen LogP contribution is 2.61. The fraction of sp³-hybridized carbons (Fsp3) is 0.684. The number of fused-ring (bicyclic) bond motifs is 1. The molecule has 0 aromatic carbocycles. The fourth-order valence-corrected chi connectivity index (χ4v) is 3.62. The van der Waals surface area contributed by atoms with Gasteiger partial charge in [0.1, 0.15) is 5.78 Å². The summed E-state index contributed by atoms with van der Waals surface area (Å²) in [5.41, 5.74) is 2.24. The summed E-state index contributed by atoms with van der Waals surface area (Å²) in [5.74, 6) is 1.72. The molecule has 0 radical (unpaired) electrons. The lowest BCUT2D eigenvalue weighted by Gasteiger charge is -2.04. The van der Waals surface area contributed by atoms with Crippen LogP contribution in [-0.2, 0) is 9.59 Å². The lowest BCUT2D eigenvalue weighted by Crippen LogP contribution is -2.02. The van der Waals surface area contributed by atoms with Crippen molar-refractivity contribution < 1.29 is 9.59 Å². The molecule has 0 aromatic heterocycles. The van der Waals surface area contributed by atoms with Gasteiger partial charge in [-0.05, 0) is 49.5 Å². The SMILES string of the molecule is CC1=CCC(=O)C(C)=C[C@H]2[C@H](CCCCC(=O)C1)C2(C)C. The molecule has 0 N–H and O–H groups in total. The first-order valence-electron chi connectivity index (χ1n) is 8.21. The summed E-state index contributed by atoms with van der Waals surface area (Å²) in [6.07, 6.45) is 9.06. The minimum absolute atomic E-state index is 0.195. The van der Waals surface area contributed by atoms with Gasteiger partial charge >= 0.3 is 0 Å². The predicted molar refractivity (Wildman–Crippen MR) is 86.0 cm³/mol. The monoisotopic (exact) mass is 288 g/mol. The molecule has 116 valence electrons. The van der Waals surface area contributed by atoms with Crippen molar-refractivity contribution in [3.63, 3.8) is 0 Å². The maximum atomic E-state index is 12.2. The molecule has 1 fully saturated rings. The van der Waals surface area contributed by atoms with E-state index in [0.29, 0.717) is 42.3 Å². The molecule has 0 bridgehead atoms. The van der Waals surface area contributed by atoms with Gasteiger partial charge in [-0.2, -0.15) is 0 Å². The van der Waals surface area contributed by atoms with Crippen molar-refractivity contribution in [2.45, 2.75) is 66.2 Å². The first-order chi connectivity index (χ1) is 9.82. The molecule has 0 aromatic rings. The highest BCUT2D eigenvalue weighted by atomic mass is 16.1. The van der Waals surface area contributed by atoms with Crippen LogP contribution < -0.4 is 0 Å². The van der Waals surface area contributed by atoms with E-state index < -0.39 is 0 Å². The zero-order valence-corrected chi connectivity index (χ0v) is 13.9. The molecule has 0 saturated heterocycles. The third-order valence-corrected chi connectivity index (χ3v) is 5.34. The van der Waals surface area contributed by atoms with Crippen molar-refractivity contribution in [2.24, 2.45) is 17.3 Å². The molecule has 0 spiro atoms. The quantitative estimate of drug-likeness (QED) is 0.608. The van der Waals surface area contributed by atoms with Crippen molar-refractivity contribution in [1.29, 1.82) is 0 Å². The van der Waals surface area contributed by atoms with E-state index in [-0.39, 0.29) is 5.78 Å². The summed E-state index contributed by atoms with van der Waals surface area (Å²) < 4.78 is 0. The lowest BCUT2D eigenvalue weighted by molar-refractivity contribution is -0.118. The Morgan fingerprint density at radius 1 is 1.14 bits per heavy atom. The Balaban J connectivity index is 2.14. The highest BCUT2D eigenvalue weighted by molar-refractivity contribution is 5.96. The molecule has 2 nitrogen and oxygen atoms in total. The van der Waals surface area contributed by atoms with Crippen molar-refractivity contribution in [3.05, 3.63) is 23.3 Å². The largest absolute Gasteiger partial charge is 0.299 e. The second kappa shape index (κ2) is 6.29. The molecule has 0 aliphatic heterocycles. The lowest BCUT2D eigenvalue weighted by atomic mass is 10.00. The van der Waals surface area contributed by atoms with Crippen LogP contribution in [0, 0.1) is 17.3 Å². The minimum atomic E-state index is 0.195. The van der Waals surface area contributed by atoms with E-state index in [1.54, 1.807) is 0 Å². The molecule has 0 unspecified atom stereocenters. The van der Waals surface area contributed by atoms with E-state index in [1.165, 1.54) is 6.42 Å². The van der Waals surface area contributed by atoms with E-state index in [9.17, 15) is 9.59 Å². The Bertz CT molecular complexity index is 494. The van der Waals surface area contributed by atoms with Crippen molar-refractivity contribution in [3.8, 4) is 0 Å². The molecule has 2 atom stereocenters. The van der Waals surface area contributed by atoms with E-state index in [4.69, 9.17) is 0 Å². The van der Waals surface area contributed by atoms with Gasteiger partial charge in [0.15, 0.2) is 5.78 Å². The molecule has 2 aliphatic carbocycles. The summed E-state index contributed by atoms with van der Waals surface area (Å²) in [7, 11) is 0. The second-order valence-corrected chi connectivity index (χ2v) is 7.44. The van der Waals surface area contributed by atoms with Crippen molar-refractivity contribution in [2.75, 3.05) is 0 Å². The molecule has 1 saturated carbocycles. The van der Waals surface area contributed by atoms with Gasteiger partial charge < -0.3 is 0 Å². The summed E-state index contributed by atoms with van der Waals surface area (Å²) in [4.78, 5) is 24.1. The molecule has 0 heterocycles. The van der Waals surface area contributed by atoms with Crippen LogP contribution in [0.25, 0.3) is 0 Å². The molecular weight excluding hydrogens is 260 g/mol. The minimum Gasteiger partial charge on any atom is -0.299 e. The Morgan fingerprint density at radius 2 is 1.86 bits per heavy atom. The summed E-state index contributed by atoms with van der Waals surface area (Å²) in [6.45, 7) is 8.48. The molecule has 2 aliphatic rings. The summed E-state index contributed by atoms with van der Waals surface area (Å²) in [5, 5.41) is 0. The number of carbonyl (C=O) groups excluding carboxylic acids is 2. The van der Waals surface area contributed by atoms with Crippen LogP contribution in [0.4, 0.5) is 0 Å². The maximum absolute atomic E-state index is 12.2. The van der Waals surface area contributed by atoms with Crippen LogP contribution in [0.15, 0.2) is 23.3 Å². The normalized spacial score (nSPS) is 30.9. The highest BCUT2D eigenvalue weighted by Gasteiger charge is 2.55. The smallest absolute Gasteiger partial charge is 0.162 e. The zero-order valence-electron chi connectivity index (χ0n) is 13.9. The first kappa shape index (κ1) is 16.2. The van der Waals surface area contributed by atoms with Crippen LogP contribution in [-0.4, -0.2) is 11.6 Å². The van der Waals surface area contributed by atoms with Crippen LogP contribution in [0.1, 0.15) is 66.2 Å². The Kier molecular flexibility index (Phi) is 4.85. The molecule has 2 heteroatoms. The van der Waals surface area contributed by atoms with Crippen molar-refractivity contribution >= 4 is 11.6 Å². The standard InChI is InChI=1S/C19H28O2/c1-13-9-10-18(21)14(2)12-17-16(19(17,3)4)8-6-5-7-15(20)11-13/h9,12,16-17H,5-8,10-11H2,1-4H3/t16-,17-/m0/s1. The Morgan fingerprint density at radius 3 is 2.57 bits per heavy atom. The number of ketones is 2. The maximum Gasteiger partial charge on any atom is 0.162 e. The van der Waals surface area contributed by atoms with Crippen molar-refractivity contribution in [1.82, 2.24) is 0 Å². The van der Waals surface area contributed by atoms with E-state index in [2.05, 4.69) is 19.9 Å². The van der Waals surface area contributed by atoms with Gasteiger partial charge in [-0.15, -0.1) is 0 Å². The van der Waals surface area contributed by atoms with Crippen LogP contribution in [0.5, 0.6) is 0 Å². The van der Waals surface area contributed by atoms with Gasteiger partial charge in [0.2, 0.25) is 0 Å². The third kappa shape index (κ3) is 3.93. The Labute approximate surface area is 128 Å². The van der Waals surface area contributed by atoms with Crippen LogP contribution in [0.3, 0.4) is 0 Å². The van der Waals surface area contributed by atoms with E-state index in [1.807, 2.05) is 19.9 Å². The average Bonchev–Trinajstić information content (AvgIpc) is 2.91. The first-order valence-corrected chi connectivity index (χ1v) is 8.21. The number of hydrogen-bond donors (Lipinski definition) is 0. The predicted octanol–water partition coefficient (Wildman–Crippen LogP) is 4.64. The second-order valence-electron chi connectivity index (χ2n) is 7.44. The summed E-state index contributed by atoms with van der Waals surface area (Å²) in [6, 6.07) is 0. The Hall–Kier alpha value is -1.18. The zero-order chi connectivity index (χ0) is 15.6. The summed E-state index contributed by atoms with van der Waals surface area (Å²) >= 11 is 0. The topological polar surface area (TPSA) is 34.1 Å². The number of rotatable bonds is 0. The molecule has 21 heavy (non-hydrogen) atoms. The number of Topliss-reactive ketones (excluding diaryl/α,β-unsaturated/α-hetero) is 2. The van der Waals surface area contributed by atoms with Gasteiger partial charge in [-0.25, -0.2) is 0 Å². The molecular formula is C19H28O2. The third-order valence-electron chi connectivity index (χ3n) is 5.34. The van der Waals surface area contributed by atoms with Gasteiger partial charge in [-0.3, -0.25) is 9.59 Å². The van der Waals surface area contributed by atoms with E-state index >= 15 is 0 Å². The van der Waals surface area contributed by atoms with Gasteiger partial charge in [0, 0.05) is 19.3 Å². The van der Waals surface area contributed by atoms with Gasteiger partial charge in [-0.1, -0.05) is 38.0 Å². The molecule has 2 rings (SSSR count). The fourth-order valence-electron chi connectivity index (χ4n) is 3.62. The van der Waals surface area contributed by atoms with E-state index in [0.717, 1.165) is 24.0 Å². The van der Waals surface area contributed by atoms with Crippen LogP contribution in [0.2, 0.25) is 0 Å². The van der Waals surface area contributed by atoms with Gasteiger partial charge in [0.05, 0.1) is 0 Å². The number of allylic oxidation sites excluding steroid dienone is 4. The van der Waals surface area contributed by atoms with Crippen LogP contribution >= 0.6 is 0 Å².